The van der Waals surface area contributed by atoms with Crippen molar-refractivity contribution in [3.05, 3.63) is 90.0 Å². The Balaban J connectivity index is 1.25. The molecule has 4 atom stereocenters. The lowest BCUT2D eigenvalue weighted by molar-refractivity contribution is -0.128. The van der Waals surface area contributed by atoms with E-state index in [1.165, 1.54) is 7.11 Å². The first-order valence-electron chi connectivity index (χ1n) is 18.3. The Morgan fingerprint density at radius 1 is 1.00 bits per heavy atom. The average Bonchev–Trinajstić information content (AvgIpc) is 3.70. The van der Waals surface area contributed by atoms with Crippen molar-refractivity contribution in [2.45, 2.75) is 62.8 Å². The van der Waals surface area contributed by atoms with Gasteiger partial charge in [0.1, 0.15) is 41.0 Å². The number of allylic oxidation sites excluding steroid dienone is 1. The number of hydrogen-bond acceptors (Lipinski definition) is 9. The molecule has 4 aromatic rings. The first-order valence-corrected chi connectivity index (χ1v) is 18.3. The summed E-state index contributed by atoms with van der Waals surface area (Å²) in [4.78, 5) is 66.8. The summed E-state index contributed by atoms with van der Waals surface area (Å²) in [6.07, 6.45) is 8.36. The Morgan fingerprint density at radius 3 is 2.52 bits per heavy atom. The van der Waals surface area contributed by atoms with Crippen LogP contribution in [0.1, 0.15) is 54.4 Å². The highest BCUT2D eigenvalue weighted by Crippen LogP contribution is 2.44. The lowest BCUT2D eigenvalue weighted by Crippen LogP contribution is -2.53. The molecule has 1 aromatic heterocycles. The van der Waals surface area contributed by atoms with E-state index in [2.05, 4.69) is 11.4 Å². The van der Waals surface area contributed by atoms with Crippen molar-refractivity contribution in [1.29, 1.82) is 0 Å². The van der Waals surface area contributed by atoms with Crippen molar-refractivity contribution in [3.8, 4) is 28.8 Å². The van der Waals surface area contributed by atoms with Gasteiger partial charge in [0.05, 0.1) is 31.7 Å². The predicted octanol–water partition coefficient (Wildman–Crippen LogP) is 5.06. The Morgan fingerprint density at radius 2 is 1.80 bits per heavy atom. The summed E-state index contributed by atoms with van der Waals surface area (Å²) in [6, 6.07) is 18.9. The Hall–Kier alpha value is -5.98. The summed E-state index contributed by atoms with van der Waals surface area (Å²) in [5, 5.41) is 3.42. The Labute approximate surface area is 313 Å². The van der Waals surface area contributed by atoms with E-state index in [0.717, 1.165) is 37.5 Å². The van der Waals surface area contributed by atoms with Crippen LogP contribution >= 0.6 is 0 Å². The lowest BCUT2D eigenvalue weighted by Gasteiger charge is -2.32. The quantitative estimate of drug-likeness (QED) is 0.177. The minimum Gasteiger partial charge on any atom is -0.497 e. The fourth-order valence-corrected chi connectivity index (χ4v) is 7.41. The van der Waals surface area contributed by atoms with Gasteiger partial charge in [0.25, 0.3) is 5.91 Å². The Bertz CT molecular complexity index is 2070. The minimum absolute atomic E-state index is 0.0679. The van der Waals surface area contributed by atoms with Crippen LogP contribution in [0, 0.1) is 5.92 Å². The zero-order chi connectivity index (χ0) is 37.8. The summed E-state index contributed by atoms with van der Waals surface area (Å²) < 4.78 is 17.4. The molecule has 1 saturated carbocycles. The van der Waals surface area contributed by atoms with Crippen molar-refractivity contribution in [2.75, 3.05) is 27.3 Å². The summed E-state index contributed by atoms with van der Waals surface area (Å²) in [5.41, 5.74) is 6.76. The van der Waals surface area contributed by atoms with Gasteiger partial charge in [0.2, 0.25) is 11.8 Å². The maximum Gasteiger partial charge on any atom is 0.321 e. The first-order chi connectivity index (χ1) is 26.2. The van der Waals surface area contributed by atoms with E-state index in [4.69, 9.17) is 29.9 Å². The second-order valence-electron chi connectivity index (χ2n) is 14.1. The molecule has 4 amide bonds. The third-order valence-corrected chi connectivity index (χ3v) is 10.5. The van der Waals surface area contributed by atoms with Gasteiger partial charge >= 0.3 is 6.03 Å². The molecule has 2 fully saturated rings. The largest absolute Gasteiger partial charge is 0.497 e. The normalized spacial score (nSPS) is 23.6. The number of methoxy groups -OCH3 is 2. The van der Waals surface area contributed by atoms with Crippen molar-refractivity contribution < 1.29 is 33.4 Å². The van der Waals surface area contributed by atoms with Gasteiger partial charge in [-0.05, 0) is 55.5 Å². The van der Waals surface area contributed by atoms with Gasteiger partial charge < -0.3 is 39.9 Å². The molecule has 7 rings (SSSR count). The molecule has 0 spiro atoms. The number of aromatic nitrogens is 2. The molecule has 0 radical (unpaired) electrons. The van der Waals surface area contributed by atoms with E-state index >= 15 is 0 Å². The van der Waals surface area contributed by atoms with E-state index in [9.17, 15) is 19.2 Å². The van der Waals surface area contributed by atoms with E-state index in [-0.39, 0.29) is 47.6 Å². The van der Waals surface area contributed by atoms with E-state index in [1.807, 2.05) is 60.7 Å². The van der Waals surface area contributed by atoms with Crippen LogP contribution < -0.4 is 25.3 Å². The lowest BCUT2D eigenvalue weighted by atomic mass is 10.1. The number of fused-ring (bicyclic) bond motifs is 3. The number of primary amides is 1. The number of nitrogens with zero attached hydrogens (tertiary/aromatic N) is 4. The van der Waals surface area contributed by atoms with Gasteiger partial charge in [0, 0.05) is 31.0 Å². The molecule has 3 heterocycles. The van der Waals surface area contributed by atoms with Crippen LogP contribution in [0.15, 0.2) is 78.9 Å². The maximum atomic E-state index is 14.6. The van der Waals surface area contributed by atoms with Gasteiger partial charge in [-0.2, -0.15) is 4.98 Å². The van der Waals surface area contributed by atoms with Crippen molar-refractivity contribution in [1.82, 2.24) is 25.1 Å². The van der Waals surface area contributed by atoms with E-state index in [1.54, 1.807) is 29.0 Å². The molecule has 0 bridgehead atoms. The number of nitrogens with one attached hydrogen (secondary N) is 1. The number of ether oxygens (including phenoxy) is 3. The summed E-state index contributed by atoms with van der Waals surface area (Å²) in [7, 11) is 3.05. The number of urea groups is 1. The van der Waals surface area contributed by atoms with Crippen LogP contribution in [0.3, 0.4) is 0 Å². The zero-order valence-electron chi connectivity index (χ0n) is 30.4. The van der Waals surface area contributed by atoms with E-state index in [0.29, 0.717) is 42.0 Å². The highest BCUT2D eigenvalue weighted by molar-refractivity contribution is 6.08. The number of carbonyl (C=O) groups excluding carboxylic acids is 4. The van der Waals surface area contributed by atoms with Crippen LogP contribution in [0.2, 0.25) is 0 Å². The number of benzene rings is 3. The number of amides is 4. The second-order valence-corrected chi connectivity index (χ2v) is 14.1. The molecule has 3 aromatic carbocycles. The fourth-order valence-electron chi connectivity index (χ4n) is 7.41. The van der Waals surface area contributed by atoms with Gasteiger partial charge in [0.15, 0.2) is 5.82 Å². The van der Waals surface area contributed by atoms with Crippen molar-refractivity contribution >= 4 is 35.0 Å². The van der Waals surface area contributed by atoms with Crippen LogP contribution in [-0.2, 0) is 16.1 Å². The summed E-state index contributed by atoms with van der Waals surface area (Å²) in [6.45, 7) is 0.882. The molecule has 3 N–H and O–H groups in total. The third-order valence-electron chi connectivity index (χ3n) is 10.5. The second kappa shape index (κ2) is 15.6. The molecular weight excluding hydrogens is 688 g/mol. The molecule has 13 nitrogen and oxygen atoms in total. The average molecular weight is 733 g/mol. The molecule has 54 heavy (non-hydrogen) atoms. The topological polar surface area (TPSA) is 166 Å². The molecule has 4 unspecified atom stereocenters. The Kier molecular flexibility index (Phi) is 10.5. The van der Waals surface area contributed by atoms with Gasteiger partial charge in [-0.25, -0.2) is 9.78 Å². The number of hydrogen-bond donors (Lipinski definition) is 2. The van der Waals surface area contributed by atoms with Crippen LogP contribution in [0.4, 0.5) is 4.79 Å². The molecule has 3 aliphatic rings. The van der Waals surface area contributed by atoms with Crippen molar-refractivity contribution in [2.24, 2.45) is 11.7 Å². The minimum atomic E-state index is -1.01. The highest BCUT2D eigenvalue weighted by atomic mass is 16.5. The smallest absolute Gasteiger partial charge is 0.321 e. The zero-order valence-corrected chi connectivity index (χ0v) is 30.4. The van der Waals surface area contributed by atoms with Crippen LogP contribution in [0.25, 0.3) is 22.3 Å². The number of rotatable bonds is 9. The fraction of sp³-hybridized carbons (Fsp3) is 0.366. The molecule has 13 heteroatoms. The first kappa shape index (κ1) is 36.4. The number of aldehydes is 1. The summed E-state index contributed by atoms with van der Waals surface area (Å²) >= 11 is 0. The predicted molar refractivity (Wildman–Crippen MR) is 201 cm³/mol. The third kappa shape index (κ3) is 7.43. The van der Waals surface area contributed by atoms with Gasteiger partial charge in [-0.3, -0.25) is 9.59 Å². The molecular formula is C41H44N6O7. The standard InChI is InChI=1S/C41H44N6O7/c1-52-29-16-14-26(15-17-29)23-46-20-10-5-3-4-9-13-28-22-41(28,25-48)45-38(50)32-21-30(24-47(32)40(46)51)54-39-31-18-19-33(53-2)34(36(42)49)35(31)43-37(44-39)27-11-7-6-8-12-27/h6-9,11-19,25,28,30,32H,3-5,10,20-24H2,1-2H3,(H2,42,49)(H,45,50)/b13-9+. The molecule has 1 aliphatic carbocycles. The molecule has 1 saturated heterocycles. The highest BCUT2D eigenvalue weighted by Gasteiger charge is 2.56. The van der Waals surface area contributed by atoms with Gasteiger partial charge in [-0.1, -0.05) is 61.0 Å². The maximum absolute atomic E-state index is 14.6. The molecule has 280 valence electrons. The number of nitrogens with two attached hydrogens (primary N) is 1. The van der Waals surface area contributed by atoms with Crippen LogP contribution in [-0.4, -0.2) is 88.9 Å². The number of carbonyl (C=O) groups is 4. The summed E-state index contributed by atoms with van der Waals surface area (Å²) in [5.74, 6) is 0.163. The molecule has 2 aliphatic heterocycles. The van der Waals surface area contributed by atoms with E-state index < -0.39 is 29.5 Å². The van der Waals surface area contributed by atoms with Crippen LogP contribution in [0.5, 0.6) is 17.4 Å². The van der Waals surface area contributed by atoms with Gasteiger partial charge in [-0.15, -0.1) is 0 Å². The monoisotopic (exact) mass is 732 g/mol. The SMILES string of the molecule is COc1ccc(CN2CCCCC/C=C/C3CC3(C=O)NC(=O)C3CC(Oc4nc(-c5ccccc5)nc5c(C(N)=O)c(OC)ccc45)CN3C2=O)cc1. The van der Waals surface area contributed by atoms with Crippen molar-refractivity contribution in [3.63, 3.8) is 0 Å².